The summed E-state index contributed by atoms with van der Waals surface area (Å²) in [5, 5.41) is 0. The highest BCUT2D eigenvalue weighted by atomic mass is 32.2. The number of halogens is 1. The van der Waals surface area contributed by atoms with Gasteiger partial charge in [-0.1, -0.05) is 48.5 Å². The molecule has 0 aliphatic heterocycles. The van der Waals surface area contributed by atoms with Crippen molar-refractivity contribution in [3.63, 3.8) is 0 Å². The number of methoxy groups -OCH3 is 1. The lowest BCUT2D eigenvalue weighted by molar-refractivity contribution is 0.0941. The van der Waals surface area contributed by atoms with E-state index in [0.717, 1.165) is 5.56 Å². The number of rotatable bonds is 7. The van der Waals surface area contributed by atoms with Crippen LogP contribution in [0.15, 0.2) is 66.7 Å². The molecule has 156 valence electrons. The van der Waals surface area contributed by atoms with Gasteiger partial charge in [0.2, 0.25) is 10.0 Å². The first-order valence-electron chi connectivity index (χ1n) is 9.08. The van der Waals surface area contributed by atoms with Crippen molar-refractivity contribution >= 4 is 15.9 Å². The third-order valence-electron chi connectivity index (χ3n) is 4.46. The summed E-state index contributed by atoms with van der Waals surface area (Å²) >= 11 is 0. The van der Waals surface area contributed by atoms with E-state index >= 15 is 0 Å². The first-order valence-corrected chi connectivity index (χ1v) is 10.7. The van der Waals surface area contributed by atoms with Gasteiger partial charge in [-0.25, -0.2) is 12.8 Å². The number of ether oxygens (including phenoxy) is 1. The molecule has 0 saturated heterocycles. The highest BCUT2D eigenvalue weighted by Crippen LogP contribution is 2.25. The van der Waals surface area contributed by atoms with E-state index in [9.17, 15) is 17.6 Å². The molecule has 3 aromatic carbocycles. The molecule has 3 rings (SSSR count). The average molecular weight is 428 g/mol. The molecule has 0 radical (unpaired) electrons. The molecule has 0 aromatic heterocycles. The Morgan fingerprint density at radius 2 is 1.67 bits per heavy atom. The third kappa shape index (κ3) is 5.03. The SMILES string of the molecule is COc1ccccc1CS(=O)(=O)NNC(=O)c1cc(-c2ccccc2)cc(C)c1F. The molecular weight excluding hydrogens is 407 g/mol. The van der Waals surface area contributed by atoms with Gasteiger partial charge in [0.25, 0.3) is 5.91 Å². The predicted octanol–water partition coefficient (Wildman–Crippen LogP) is 3.57. The van der Waals surface area contributed by atoms with Crippen molar-refractivity contribution in [3.05, 3.63) is 89.2 Å². The lowest BCUT2D eigenvalue weighted by Crippen LogP contribution is -2.42. The van der Waals surface area contributed by atoms with Gasteiger partial charge >= 0.3 is 0 Å². The number of carbonyl (C=O) groups is 1. The molecule has 0 spiro atoms. The lowest BCUT2D eigenvalue weighted by atomic mass is 9.99. The Balaban J connectivity index is 1.78. The molecule has 0 saturated carbocycles. The smallest absolute Gasteiger partial charge is 0.269 e. The molecule has 3 aromatic rings. The van der Waals surface area contributed by atoms with Gasteiger partial charge in [0.1, 0.15) is 11.6 Å². The number of amides is 1. The van der Waals surface area contributed by atoms with Crippen LogP contribution in [0.25, 0.3) is 11.1 Å². The number of hydrogen-bond acceptors (Lipinski definition) is 4. The summed E-state index contributed by atoms with van der Waals surface area (Å²) < 4.78 is 44.4. The molecule has 0 heterocycles. The molecular formula is C22H21FN2O4S. The van der Waals surface area contributed by atoms with Crippen molar-refractivity contribution in [2.75, 3.05) is 7.11 Å². The van der Waals surface area contributed by atoms with Crippen LogP contribution in [0, 0.1) is 12.7 Å². The van der Waals surface area contributed by atoms with Crippen molar-refractivity contribution in [3.8, 4) is 16.9 Å². The number of para-hydroxylation sites is 1. The predicted molar refractivity (Wildman–Crippen MR) is 113 cm³/mol. The van der Waals surface area contributed by atoms with Gasteiger partial charge in [0.05, 0.1) is 18.4 Å². The first kappa shape index (κ1) is 21.5. The fraction of sp³-hybridized carbons (Fsp3) is 0.136. The fourth-order valence-corrected chi connectivity index (χ4v) is 3.95. The van der Waals surface area contributed by atoms with E-state index < -0.39 is 27.5 Å². The summed E-state index contributed by atoms with van der Waals surface area (Å²) in [6.07, 6.45) is 0. The molecule has 0 atom stereocenters. The Hall–Kier alpha value is -3.23. The number of aryl methyl sites for hydroxylation is 1. The zero-order valence-corrected chi connectivity index (χ0v) is 17.3. The van der Waals surface area contributed by atoms with Crippen LogP contribution in [0.5, 0.6) is 5.75 Å². The van der Waals surface area contributed by atoms with Gasteiger partial charge in [-0.2, -0.15) is 0 Å². The van der Waals surface area contributed by atoms with Crippen molar-refractivity contribution < 1.29 is 22.3 Å². The topological polar surface area (TPSA) is 84.5 Å². The summed E-state index contributed by atoms with van der Waals surface area (Å²) in [6, 6.07) is 18.9. The molecule has 2 N–H and O–H groups in total. The van der Waals surface area contributed by atoms with Crippen LogP contribution in [-0.2, 0) is 15.8 Å². The molecule has 0 aliphatic rings. The number of benzene rings is 3. The normalized spacial score (nSPS) is 11.2. The number of hydrazine groups is 1. The van der Waals surface area contributed by atoms with Crippen molar-refractivity contribution in [2.24, 2.45) is 0 Å². The van der Waals surface area contributed by atoms with Gasteiger partial charge in [-0.05, 0) is 41.8 Å². The van der Waals surface area contributed by atoms with Gasteiger partial charge in [-0.15, -0.1) is 4.83 Å². The second kappa shape index (κ2) is 9.06. The molecule has 6 nitrogen and oxygen atoms in total. The zero-order chi connectivity index (χ0) is 21.7. The minimum atomic E-state index is -3.94. The van der Waals surface area contributed by atoms with E-state index in [1.165, 1.54) is 13.2 Å². The largest absolute Gasteiger partial charge is 0.496 e. The number of nitrogens with one attached hydrogen (secondary N) is 2. The average Bonchev–Trinajstić information content (AvgIpc) is 2.74. The minimum absolute atomic E-state index is 0.256. The van der Waals surface area contributed by atoms with E-state index in [1.54, 1.807) is 37.3 Å². The van der Waals surface area contributed by atoms with E-state index in [4.69, 9.17) is 4.74 Å². The van der Waals surface area contributed by atoms with Crippen molar-refractivity contribution in [1.29, 1.82) is 0 Å². The summed E-state index contributed by atoms with van der Waals surface area (Å²) in [7, 11) is -2.50. The molecule has 0 aliphatic carbocycles. The summed E-state index contributed by atoms with van der Waals surface area (Å²) in [6.45, 7) is 1.55. The lowest BCUT2D eigenvalue weighted by Gasteiger charge is -2.13. The summed E-state index contributed by atoms with van der Waals surface area (Å²) in [5.41, 5.74) is 3.99. The maximum absolute atomic E-state index is 14.6. The van der Waals surface area contributed by atoms with Crippen LogP contribution in [0.4, 0.5) is 4.39 Å². The van der Waals surface area contributed by atoms with Crippen molar-refractivity contribution in [2.45, 2.75) is 12.7 Å². The summed E-state index contributed by atoms with van der Waals surface area (Å²) in [5.74, 6) is -1.61. The first-order chi connectivity index (χ1) is 14.3. The van der Waals surface area contributed by atoms with Gasteiger partial charge in [-0.3, -0.25) is 10.2 Å². The maximum atomic E-state index is 14.6. The summed E-state index contributed by atoms with van der Waals surface area (Å²) in [4.78, 5) is 14.5. The zero-order valence-electron chi connectivity index (χ0n) is 16.5. The molecule has 30 heavy (non-hydrogen) atoms. The Morgan fingerprint density at radius 1 is 1.00 bits per heavy atom. The van der Waals surface area contributed by atoms with Crippen LogP contribution in [0.1, 0.15) is 21.5 Å². The Labute approximate surface area is 174 Å². The Kier molecular flexibility index (Phi) is 6.49. The Bertz CT molecular complexity index is 1170. The van der Waals surface area contributed by atoms with Gasteiger partial charge in [0, 0.05) is 5.56 Å². The molecule has 8 heteroatoms. The van der Waals surface area contributed by atoms with Crippen molar-refractivity contribution in [1.82, 2.24) is 10.3 Å². The highest BCUT2D eigenvalue weighted by molar-refractivity contribution is 7.88. The van der Waals surface area contributed by atoms with Crippen LogP contribution >= 0.6 is 0 Å². The van der Waals surface area contributed by atoms with E-state index in [-0.39, 0.29) is 11.1 Å². The standard InChI is InChI=1S/C22H21FN2O4S/c1-15-12-18(16-8-4-3-5-9-16)13-19(21(15)23)22(26)24-25-30(27,28)14-17-10-6-7-11-20(17)29-2/h3-13,25H,14H2,1-2H3,(H,24,26). The van der Waals surface area contributed by atoms with E-state index in [0.29, 0.717) is 16.9 Å². The van der Waals surface area contributed by atoms with Crippen LogP contribution in [0.2, 0.25) is 0 Å². The van der Waals surface area contributed by atoms with E-state index in [2.05, 4.69) is 5.43 Å². The monoisotopic (exact) mass is 428 g/mol. The molecule has 0 fully saturated rings. The maximum Gasteiger partial charge on any atom is 0.269 e. The third-order valence-corrected chi connectivity index (χ3v) is 5.57. The number of hydrogen-bond donors (Lipinski definition) is 2. The molecule has 0 unspecified atom stereocenters. The van der Waals surface area contributed by atoms with Crippen LogP contribution in [0.3, 0.4) is 0 Å². The second-order valence-electron chi connectivity index (χ2n) is 6.65. The van der Waals surface area contributed by atoms with Gasteiger partial charge < -0.3 is 4.74 Å². The highest BCUT2D eigenvalue weighted by Gasteiger charge is 2.19. The number of sulfonamides is 1. The van der Waals surface area contributed by atoms with Crippen LogP contribution in [-0.4, -0.2) is 21.4 Å². The fourth-order valence-electron chi connectivity index (χ4n) is 2.99. The second-order valence-corrected chi connectivity index (χ2v) is 8.37. The van der Waals surface area contributed by atoms with E-state index in [1.807, 2.05) is 35.2 Å². The van der Waals surface area contributed by atoms with Gasteiger partial charge in [0.15, 0.2) is 0 Å². The minimum Gasteiger partial charge on any atom is -0.496 e. The molecule has 1 amide bonds. The Morgan fingerprint density at radius 3 is 2.37 bits per heavy atom. The number of carbonyl (C=O) groups excluding carboxylic acids is 1. The molecule has 0 bridgehead atoms. The quantitative estimate of drug-likeness (QED) is 0.564. The van der Waals surface area contributed by atoms with Crippen LogP contribution < -0.4 is 15.0 Å².